The van der Waals surface area contributed by atoms with E-state index in [-0.39, 0.29) is 12.8 Å². The zero-order valence-electron chi connectivity index (χ0n) is 15.2. The van der Waals surface area contributed by atoms with Crippen molar-refractivity contribution in [1.82, 2.24) is 14.3 Å². The Morgan fingerprint density at radius 3 is 2.78 bits per heavy atom. The van der Waals surface area contributed by atoms with Crippen molar-refractivity contribution in [2.24, 2.45) is 4.99 Å². The topological polar surface area (TPSA) is 70.6 Å². The van der Waals surface area contributed by atoms with Gasteiger partial charge < -0.3 is 14.0 Å². The number of hydrogen-bond donors (Lipinski definition) is 0. The second-order valence-corrected chi connectivity index (χ2v) is 7.48. The summed E-state index contributed by atoms with van der Waals surface area (Å²) in [6, 6.07) is 5.67. The van der Waals surface area contributed by atoms with Gasteiger partial charge in [0.1, 0.15) is 0 Å². The van der Waals surface area contributed by atoms with Gasteiger partial charge in [0.2, 0.25) is 6.79 Å². The van der Waals surface area contributed by atoms with Crippen LogP contribution in [0.3, 0.4) is 0 Å². The summed E-state index contributed by atoms with van der Waals surface area (Å²) in [5, 5.41) is 4.37. The summed E-state index contributed by atoms with van der Waals surface area (Å²) in [7, 11) is 0. The van der Waals surface area contributed by atoms with Gasteiger partial charge in [-0.05, 0) is 26.8 Å². The van der Waals surface area contributed by atoms with Gasteiger partial charge in [-0.3, -0.25) is 9.48 Å². The van der Waals surface area contributed by atoms with Crippen molar-refractivity contribution in [2.75, 3.05) is 6.79 Å². The zero-order chi connectivity index (χ0) is 19.1. The monoisotopic (exact) mass is 382 g/mol. The van der Waals surface area contributed by atoms with Crippen molar-refractivity contribution < 1.29 is 14.3 Å². The van der Waals surface area contributed by atoms with E-state index in [1.54, 1.807) is 6.07 Å². The fourth-order valence-corrected chi connectivity index (χ4v) is 4.09. The Bertz CT molecular complexity index is 1160. The van der Waals surface area contributed by atoms with Gasteiger partial charge in [-0.1, -0.05) is 17.3 Å². The molecule has 0 unspecified atom stereocenters. The van der Waals surface area contributed by atoms with Crippen LogP contribution in [0.1, 0.15) is 36.1 Å². The maximum atomic E-state index is 12.7. The number of fused-ring (bicyclic) bond motifs is 2. The van der Waals surface area contributed by atoms with Gasteiger partial charge >= 0.3 is 0 Å². The summed E-state index contributed by atoms with van der Waals surface area (Å²) < 4.78 is 15.4. The molecule has 1 aromatic carbocycles. The average Bonchev–Trinajstić information content (AvgIpc) is 3.31. The molecule has 4 rings (SSSR count). The predicted octanol–water partition coefficient (Wildman–Crippen LogP) is 2.89. The smallest absolute Gasteiger partial charge is 0.300 e. The van der Waals surface area contributed by atoms with Gasteiger partial charge in [-0.25, -0.2) is 0 Å². The lowest BCUT2D eigenvalue weighted by molar-refractivity contribution is 0.0992. The quantitative estimate of drug-likeness (QED) is 0.653. The van der Waals surface area contributed by atoms with E-state index in [4.69, 9.17) is 15.9 Å². The van der Waals surface area contributed by atoms with E-state index in [0.29, 0.717) is 28.5 Å². The van der Waals surface area contributed by atoms with Crippen LogP contribution in [0, 0.1) is 19.3 Å². The fourth-order valence-electron chi connectivity index (χ4n) is 3.05. The van der Waals surface area contributed by atoms with Crippen LogP contribution in [0.15, 0.2) is 23.2 Å². The van der Waals surface area contributed by atoms with Gasteiger partial charge in [0.15, 0.2) is 22.0 Å². The number of amides is 1. The average molecular weight is 382 g/mol. The lowest BCUT2D eigenvalue weighted by atomic mass is 10.3. The molecule has 0 aliphatic carbocycles. The lowest BCUT2D eigenvalue weighted by Crippen LogP contribution is -2.17. The molecule has 0 N–H and O–H groups in total. The highest BCUT2D eigenvalue weighted by Gasteiger charge is 2.18. The predicted molar refractivity (Wildman–Crippen MR) is 102 cm³/mol. The van der Waals surface area contributed by atoms with Crippen LogP contribution >= 0.6 is 11.3 Å². The normalized spacial score (nSPS) is 13.5. The molecule has 27 heavy (non-hydrogen) atoms. The maximum absolute atomic E-state index is 12.7. The summed E-state index contributed by atoms with van der Waals surface area (Å²) >= 11 is 1.38. The minimum absolute atomic E-state index is 0.171. The third-order valence-corrected chi connectivity index (χ3v) is 5.30. The largest absolute Gasteiger partial charge is 0.454 e. The molecule has 7 nitrogen and oxygen atoms in total. The Kier molecular flexibility index (Phi) is 4.24. The van der Waals surface area contributed by atoms with Crippen LogP contribution in [0.5, 0.6) is 11.5 Å². The summed E-state index contributed by atoms with van der Waals surface area (Å²) in [6.45, 7) is 6.45. The molecule has 2 aromatic heterocycles. The highest BCUT2D eigenvalue weighted by Crippen LogP contribution is 2.36. The standard InChI is InChI=1S/C19H18N4O3S/c1-5-6-22-14-8-15-16(26-10-25-15)9-17(14)27-19(22)20-18(24)13-7-12(4)23(21-13)11(2)3/h1,7-9,11H,6,10H2,2-4H3. The Morgan fingerprint density at radius 2 is 2.11 bits per heavy atom. The number of aromatic nitrogens is 3. The molecule has 3 aromatic rings. The fraction of sp³-hybridized carbons (Fsp3) is 0.316. The molecule has 0 spiro atoms. The van der Waals surface area contributed by atoms with E-state index in [0.717, 1.165) is 15.9 Å². The number of carbonyl (C=O) groups excluding carboxylic acids is 1. The first-order valence-corrected chi connectivity index (χ1v) is 9.31. The highest BCUT2D eigenvalue weighted by atomic mass is 32.1. The summed E-state index contributed by atoms with van der Waals surface area (Å²) in [5.41, 5.74) is 2.10. The molecular weight excluding hydrogens is 364 g/mol. The molecule has 0 saturated carbocycles. The molecule has 138 valence electrons. The number of hydrogen-bond acceptors (Lipinski definition) is 5. The number of ether oxygens (including phenoxy) is 2. The summed E-state index contributed by atoms with van der Waals surface area (Å²) in [4.78, 5) is 17.5. The van der Waals surface area contributed by atoms with Crippen LogP contribution in [0.25, 0.3) is 10.2 Å². The first-order chi connectivity index (χ1) is 13.0. The highest BCUT2D eigenvalue weighted by molar-refractivity contribution is 7.16. The van der Waals surface area contributed by atoms with Crippen LogP contribution in [-0.2, 0) is 6.54 Å². The minimum atomic E-state index is -0.394. The zero-order valence-corrected chi connectivity index (χ0v) is 16.0. The van der Waals surface area contributed by atoms with Gasteiger partial charge in [-0.15, -0.1) is 6.42 Å². The van der Waals surface area contributed by atoms with Gasteiger partial charge in [0.25, 0.3) is 5.91 Å². The molecule has 8 heteroatoms. The SMILES string of the molecule is C#CCn1c(=NC(=O)c2cc(C)n(C(C)C)n2)sc2cc3c(cc21)OCO3. The summed E-state index contributed by atoms with van der Waals surface area (Å²) in [6.07, 6.45) is 5.53. The van der Waals surface area contributed by atoms with Gasteiger partial charge in [0, 0.05) is 23.9 Å². The Labute approximate surface area is 159 Å². The minimum Gasteiger partial charge on any atom is -0.454 e. The Balaban J connectivity index is 1.82. The molecule has 0 bridgehead atoms. The first-order valence-electron chi connectivity index (χ1n) is 8.49. The van der Waals surface area contributed by atoms with Crippen LogP contribution in [-0.4, -0.2) is 27.0 Å². The number of rotatable bonds is 3. The molecule has 0 atom stereocenters. The van der Waals surface area contributed by atoms with E-state index < -0.39 is 5.91 Å². The van der Waals surface area contributed by atoms with Crippen molar-refractivity contribution in [3.8, 4) is 23.8 Å². The molecule has 0 fully saturated rings. The summed E-state index contributed by atoms with van der Waals surface area (Å²) in [5.74, 6) is 3.57. The number of carbonyl (C=O) groups is 1. The third-order valence-electron chi connectivity index (χ3n) is 4.25. The number of nitrogens with zero attached hydrogens (tertiary/aromatic N) is 4. The van der Waals surface area contributed by atoms with Crippen molar-refractivity contribution in [2.45, 2.75) is 33.4 Å². The maximum Gasteiger partial charge on any atom is 0.300 e. The van der Waals surface area contributed by atoms with E-state index in [1.165, 1.54) is 11.3 Å². The van der Waals surface area contributed by atoms with Gasteiger partial charge in [-0.2, -0.15) is 10.1 Å². The second-order valence-electron chi connectivity index (χ2n) is 6.47. The van der Waals surface area contributed by atoms with Gasteiger partial charge in [0.05, 0.1) is 16.8 Å². The van der Waals surface area contributed by atoms with Crippen LogP contribution < -0.4 is 14.3 Å². The van der Waals surface area contributed by atoms with Crippen molar-refractivity contribution in [3.63, 3.8) is 0 Å². The van der Waals surface area contributed by atoms with E-state index >= 15 is 0 Å². The van der Waals surface area contributed by atoms with E-state index in [9.17, 15) is 4.79 Å². The number of thiazole rings is 1. The number of aryl methyl sites for hydroxylation is 1. The molecular formula is C19H18N4O3S. The van der Waals surface area contributed by atoms with Crippen molar-refractivity contribution >= 4 is 27.5 Å². The first kappa shape index (κ1) is 17.4. The van der Waals surface area contributed by atoms with E-state index in [2.05, 4.69) is 16.0 Å². The molecule has 3 heterocycles. The number of benzene rings is 1. The second kappa shape index (κ2) is 6.59. The van der Waals surface area contributed by atoms with Crippen LogP contribution in [0.2, 0.25) is 0 Å². The molecule has 1 aliphatic heterocycles. The third kappa shape index (κ3) is 3.00. The lowest BCUT2D eigenvalue weighted by Gasteiger charge is -2.06. The number of terminal acetylenes is 1. The molecule has 1 amide bonds. The van der Waals surface area contributed by atoms with Crippen molar-refractivity contribution in [1.29, 1.82) is 0 Å². The Hall–Kier alpha value is -3.05. The van der Waals surface area contributed by atoms with E-state index in [1.807, 2.05) is 42.2 Å². The van der Waals surface area contributed by atoms with Crippen LogP contribution in [0.4, 0.5) is 0 Å². The molecule has 0 saturated heterocycles. The Morgan fingerprint density at radius 1 is 1.37 bits per heavy atom. The molecule has 1 aliphatic rings. The van der Waals surface area contributed by atoms with Crippen molar-refractivity contribution in [3.05, 3.63) is 34.4 Å². The molecule has 0 radical (unpaired) electrons.